The highest BCUT2D eigenvalue weighted by Gasteiger charge is 2.21. The van der Waals surface area contributed by atoms with Gasteiger partial charge in [0.25, 0.3) is 0 Å². The zero-order valence-electron chi connectivity index (χ0n) is 8.83. The van der Waals surface area contributed by atoms with E-state index in [1.807, 2.05) is 6.92 Å². The zero-order chi connectivity index (χ0) is 10.7. The lowest BCUT2D eigenvalue weighted by atomic mass is 10.2. The molecule has 0 amide bonds. The summed E-state index contributed by atoms with van der Waals surface area (Å²) in [5.41, 5.74) is 0.923. The monoisotopic (exact) mass is 210 g/mol. The summed E-state index contributed by atoms with van der Waals surface area (Å²) in [6.07, 6.45) is 2.53. The van der Waals surface area contributed by atoms with Crippen LogP contribution in [0.5, 0.6) is 5.75 Å². The van der Waals surface area contributed by atoms with Gasteiger partial charge in [-0.3, -0.25) is 0 Å². The minimum atomic E-state index is -0.280. The Labute approximate surface area is 89.0 Å². The lowest BCUT2D eigenvalue weighted by Gasteiger charge is -2.09. The smallest absolute Gasteiger partial charge is 0.189 e. The lowest BCUT2D eigenvalue weighted by Crippen LogP contribution is -2.06. The second kappa shape index (κ2) is 4.62. The van der Waals surface area contributed by atoms with Crippen molar-refractivity contribution in [1.82, 2.24) is 0 Å². The molecule has 0 unspecified atom stereocenters. The van der Waals surface area contributed by atoms with Crippen molar-refractivity contribution in [2.24, 2.45) is 5.92 Å². The first kappa shape index (κ1) is 10.4. The molecular weight excluding hydrogens is 195 g/mol. The van der Waals surface area contributed by atoms with E-state index < -0.39 is 0 Å². The third-order valence-corrected chi connectivity index (χ3v) is 2.50. The van der Waals surface area contributed by atoms with Crippen molar-refractivity contribution in [2.75, 3.05) is 13.4 Å². The van der Waals surface area contributed by atoms with Crippen LogP contribution in [-0.2, 0) is 4.74 Å². The van der Waals surface area contributed by atoms with Gasteiger partial charge in [-0.15, -0.1) is 0 Å². The van der Waals surface area contributed by atoms with Crippen molar-refractivity contribution in [1.29, 1.82) is 0 Å². The van der Waals surface area contributed by atoms with Crippen molar-refractivity contribution in [2.45, 2.75) is 19.8 Å². The summed E-state index contributed by atoms with van der Waals surface area (Å²) in [4.78, 5) is 0. The Morgan fingerprint density at radius 2 is 2.20 bits per heavy atom. The average Bonchev–Trinajstić information content (AvgIpc) is 3.01. The maximum atomic E-state index is 12.9. The van der Waals surface area contributed by atoms with Crippen LogP contribution >= 0.6 is 0 Å². The molecule has 1 aromatic carbocycles. The fourth-order valence-corrected chi connectivity index (χ4v) is 1.33. The van der Waals surface area contributed by atoms with Crippen molar-refractivity contribution >= 4 is 0 Å². The number of hydrogen-bond donors (Lipinski definition) is 0. The van der Waals surface area contributed by atoms with Gasteiger partial charge in [0.05, 0.1) is 6.61 Å². The summed E-state index contributed by atoms with van der Waals surface area (Å²) in [5.74, 6) is 1.01. The molecular formula is C12H15FO2. The Morgan fingerprint density at radius 3 is 2.93 bits per heavy atom. The first-order valence-corrected chi connectivity index (χ1v) is 5.22. The molecule has 1 fully saturated rings. The lowest BCUT2D eigenvalue weighted by molar-refractivity contribution is 0.00946. The van der Waals surface area contributed by atoms with Crippen LogP contribution in [0.2, 0.25) is 0 Å². The number of rotatable bonds is 5. The molecule has 0 aliphatic heterocycles. The third-order valence-electron chi connectivity index (χ3n) is 2.50. The average molecular weight is 210 g/mol. The van der Waals surface area contributed by atoms with Gasteiger partial charge in [0.2, 0.25) is 0 Å². The van der Waals surface area contributed by atoms with Gasteiger partial charge >= 0.3 is 0 Å². The molecule has 0 aromatic heterocycles. The molecule has 82 valence electrons. The second-order valence-corrected chi connectivity index (χ2v) is 3.99. The molecule has 0 N–H and O–H groups in total. The molecule has 3 heteroatoms. The highest BCUT2D eigenvalue weighted by Crippen LogP contribution is 2.28. The molecule has 0 spiro atoms. The molecule has 0 saturated heterocycles. The molecule has 2 rings (SSSR count). The summed E-state index contributed by atoms with van der Waals surface area (Å²) in [6, 6.07) is 4.51. The molecule has 0 heterocycles. The van der Waals surface area contributed by atoms with E-state index in [4.69, 9.17) is 9.47 Å². The first-order valence-electron chi connectivity index (χ1n) is 5.22. The Balaban J connectivity index is 1.78. The van der Waals surface area contributed by atoms with Crippen LogP contribution < -0.4 is 4.74 Å². The van der Waals surface area contributed by atoms with Crippen LogP contribution in [-0.4, -0.2) is 13.4 Å². The third kappa shape index (κ3) is 3.20. The van der Waals surface area contributed by atoms with E-state index in [0.717, 1.165) is 18.1 Å². The molecule has 0 radical (unpaired) electrons. The first-order chi connectivity index (χ1) is 7.25. The predicted octanol–water partition coefficient (Wildman–Crippen LogP) is 2.90. The fourth-order valence-electron chi connectivity index (χ4n) is 1.33. The van der Waals surface area contributed by atoms with Gasteiger partial charge in [-0.05, 0) is 37.3 Å². The van der Waals surface area contributed by atoms with E-state index >= 15 is 0 Å². The van der Waals surface area contributed by atoms with Gasteiger partial charge in [0.15, 0.2) is 6.79 Å². The van der Waals surface area contributed by atoms with Crippen molar-refractivity contribution in [3.8, 4) is 5.75 Å². The fraction of sp³-hybridized carbons (Fsp3) is 0.500. The van der Waals surface area contributed by atoms with Crippen molar-refractivity contribution in [3.05, 3.63) is 29.6 Å². The molecule has 1 aliphatic rings. The van der Waals surface area contributed by atoms with E-state index in [2.05, 4.69) is 0 Å². The highest BCUT2D eigenvalue weighted by molar-refractivity contribution is 5.32. The normalized spacial score (nSPS) is 15.3. The molecule has 15 heavy (non-hydrogen) atoms. The Hall–Kier alpha value is -1.09. The number of hydrogen-bond acceptors (Lipinski definition) is 2. The Morgan fingerprint density at radius 1 is 1.40 bits per heavy atom. The molecule has 2 nitrogen and oxygen atoms in total. The van der Waals surface area contributed by atoms with Crippen molar-refractivity contribution < 1.29 is 13.9 Å². The van der Waals surface area contributed by atoms with E-state index in [1.54, 1.807) is 6.07 Å². The topological polar surface area (TPSA) is 18.5 Å². The summed E-state index contributed by atoms with van der Waals surface area (Å²) < 4.78 is 23.5. The quantitative estimate of drug-likeness (QED) is 0.549. The number of benzene rings is 1. The van der Waals surface area contributed by atoms with Gasteiger partial charge in [0.1, 0.15) is 11.6 Å². The maximum absolute atomic E-state index is 12.9. The molecule has 0 bridgehead atoms. The highest BCUT2D eigenvalue weighted by atomic mass is 19.1. The van der Waals surface area contributed by atoms with Crippen LogP contribution in [0.1, 0.15) is 18.4 Å². The van der Waals surface area contributed by atoms with E-state index in [9.17, 15) is 4.39 Å². The SMILES string of the molecule is Cc1ccc(F)cc1OCOCC1CC1. The summed E-state index contributed by atoms with van der Waals surface area (Å²) >= 11 is 0. The van der Waals surface area contributed by atoms with Crippen LogP contribution in [0, 0.1) is 18.7 Å². The van der Waals surface area contributed by atoms with Crippen LogP contribution in [0.15, 0.2) is 18.2 Å². The van der Waals surface area contributed by atoms with Crippen LogP contribution in [0.25, 0.3) is 0 Å². The summed E-state index contributed by atoms with van der Waals surface area (Å²) in [5, 5.41) is 0. The van der Waals surface area contributed by atoms with E-state index in [-0.39, 0.29) is 12.6 Å². The minimum Gasteiger partial charge on any atom is -0.467 e. The molecule has 1 saturated carbocycles. The summed E-state index contributed by atoms with van der Waals surface area (Å²) in [7, 11) is 0. The van der Waals surface area contributed by atoms with E-state index in [1.165, 1.54) is 25.0 Å². The Kier molecular flexibility index (Phi) is 3.21. The van der Waals surface area contributed by atoms with Crippen LogP contribution in [0.3, 0.4) is 0 Å². The largest absolute Gasteiger partial charge is 0.467 e. The van der Waals surface area contributed by atoms with Gasteiger partial charge in [0, 0.05) is 6.07 Å². The van der Waals surface area contributed by atoms with Crippen molar-refractivity contribution in [3.63, 3.8) is 0 Å². The predicted molar refractivity (Wildman–Crippen MR) is 55.3 cm³/mol. The van der Waals surface area contributed by atoms with Gasteiger partial charge in [-0.2, -0.15) is 0 Å². The molecule has 1 aromatic rings. The zero-order valence-corrected chi connectivity index (χ0v) is 8.83. The number of aryl methyl sites for hydroxylation is 1. The van der Waals surface area contributed by atoms with Crippen LogP contribution in [0.4, 0.5) is 4.39 Å². The molecule has 1 aliphatic carbocycles. The summed E-state index contributed by atoms with van der Waals surface area (Å²) in [6.45, 7) is 2.85. The Bertz CT molecular complexity index is 334. The van der Waals surface area contributed by atoms with Gasteiger partial charge < -0.3 is 9.47 Å². The standard InChI is InChI=1S/C12H15FO2/c1-9-2-5-11(13)6-12(9)15-8-14-7-10-3-4-10/h2,5-6,10H,3-4,7-8H2,1H3. The maximum Gasteiger partial charge on any atom is 0.189 e. The number of halogens is 1. The second-order valence-electron chi connectivity index (χ2n) is 3.99. The number of ether oxygens (including phenoxy) is 2. The van der Waals surface area contributed by atoms with Gasteiger partial charge in [-0.25, -0.2) is 4.39 Å². The van der Waals surface area contributed by atoms with E-state index in [0.29, 0.717) is 5.75 Å². The van der Waals surface area contributed by atoms with Gasteiger partial charge in [-0.1, -0.05) is 6.07 Å². The minimum absolute atomic E-state index is 0.209. The molecule has 0 atom stereocenters.